The summed E-state index contributed by atoms with van der Waals surface area (Å²) in [4.78, 5) is 23.3. The van der Waals surface area contributed by atoms with Crippen LogP contribution < -0.4 is 4.90 Å². The van der Waals surface area contributed by atoms with Gasteiger partial charge >= 0.3 is 11.7 Å². The summed E-state index contributed by atoms with van der Waals surface area (Å²) in [7, 11) is 1.56. The van der Waals surface area contributed by atoms with Crippen LogP contribution >= 0.6 is 0 Å². The van der Waals surface area contributed by atoms with Crippen LogP contribution in [-0.2, 0) is 16.6 Å². The van der Waals surface area contributed by atoms with E-state index >= 15 is 0 Å². The van der Waals surface area contributed by atoms with Crippen molar-refractivity contribution in [2.75, 3.05) is 24.7 Å². The number of nitrogens with zero attached hydrogens (tertiary/aromatic N) is 4. The monoisotopic (exact) mass is 270 g/mol. The Bertz CT molecular complexity index is 526. The van der Waals surface area contributed by atoms with Gasteiger partial charge in [-0.2, -0.15) is 5.10 Å². The Morgan fingerprint density at radius 2 is 2.32 bits per heavy atom. The second-order valence-electron chi connectivity index (χ2n) is 4.26. The summed E-state index contributed by atoms with van der Waals surface area (Å²) in [5.41, 5.74) is 0.105. The molecule has 1 fully saturated rings. The quantitative estimate of drug-likeness (QED) is 0.604. The highest BCUT2D eigenvalue weighted by atomic mass is 16.6. The maximum absolute atomic E-state index is 11.2. The number of ether oxygens (including phenoxy) is 1. The predicted octanol–water partition coefficient (Wildman–Crippen LogP) is -0.0735. The predicted molar refractivity (Wildman–Crippen MR) is 64.2 cm³/mol. The molecule has 2 heterocycles. The molecule has 0 aromatic carbocycles. The molecule has 1 atom stereocenters. The second-order valence-corrected chi connectivity index (χ2v) is 4.26. The van der Waals surface area contributed by atoms with Crippen molar-refractivity contribution in [1.29, 1.82) is 0 Å². The fourth-order valence-electron chi connectivity index (χ4n) is 2.23. The first-order valence-electron chi connectivity index (χ1n) is 5.68. The van der Waals surface area contributed by atoms with E-state index in [-0.39, 0.29) is 30.4 Å². The maximum atomic E-state index is 11.2. The van der Waals surface area contributed by atoms with Crippen LogP contribution in [0.3, 0.4) is 0 Å². The summed E-state index contributed by atoms with van der Waals surface area (Å²) >= 11 is 0. The molecule has 9 heteroatoms. The van der Waals surface area contributed by atoms with Crippen molar-refractivity contribution >= 4 is 17.5 Å². The zero-order valence-electron chi connectivity index (χ0n) is 10.6. The number of rotatable bonds is 3. The second kappa shape index (κ2) is 4.84. The summed E-state index contributed by atoms with van der Waals surface area (Å²) in [6.45, 7) is 2.12. The van der Waals surface area contributed by atoms with Crippen molar-refractivity contribution < 1.29 is 19.6 Å². The van der Waals surface area contributed by atoms with E-state index < -0.39 is 16.9 Å². The Balaban J connectivity index is 2.50. The normalized spacial score (nSPS) is 19.5. The van der Waals surface area contributed by atoms with Gasteiger partial charge in [0.25, 0.3) is 0 Å². The molecule has 19 heavy (non-hydrogen) atoms. The summed E-state index contributed by atoms with van der Waals surface area (Å²) in [6, 6.07) is -0.942. The Hall–Kier alpha value is -2.16. The molecule has 1 unspecified atom stereocenters. The molecule has 1 aliphatic heterocycles. The lowest BCUT2D eigenvalue weighted by Crippen LogP contribution is -2.51. The first kappa shape index (κ1) is 13.3. The van der Waals surface area contributed by atoms with E-state index in [9.17, 15) is 20.0 Å². The minimum absolute atomic E-state index is 0.00326. The molecule has 1 aromatic heterocycles. The van der Waals surface area contributed by atoms with Gasteiger partial charge in [0.1, 0.15) is 5.69 Å². The van der Waals surface area contributed by atoms with Gasteiger partial charge < -0.3 is 14.7 Å². The highest BCUT2D eigenvalue weighted by Crippen LogP contribution is 2.32. The molecule has 1 aliphatic rings. The first-order valence-corrected chi connectivity index (χ1v) is 5.68. The van der Waals surface area contributed by atoms with E-state index in [0.717, 1.165) is 0 Å². The number of anilines is 1. The van der Waals surface area contributed by atoms with Crippen molar-refractivity contribution in [2.45, 2.75) is 13.0 Å². The highest BCUT2D eigenvalue weighted by Gasteiger charge is 2.37. The standard InChI is InChI=1S/C10H14N4O5/c1-6-8(14(17)18)9(12(2)11-6)13-3-4-19-5-7(13)10(15)16/h7H,3-5H2,1-2H3,(H,15,16). The number of hydrogen-bond acceptors (Lipinski definition) is 6. The van der Waals surface area contributed by atoms with Gasteiger partial charge in [-0.3, -0.25) is 10.1 Å². The highest BCUT2D eigenvalue weighted by molar-refractivity contribution is 5.80. The lowest BCUT2D eigenvalue weighted by Gasteiger charge is -2.33. The minimum Gasteiger partial charge on any atom is -0.480 e. The zero-order valence-corrected chi connectivity index (χ0v) is 10.6. The molecule has 0 radical (unpaired) electrons. The van der Waals surface area contributed by atoms with E-state index in [4.69, 9.17) is 4.74 Å². The fourth-order valence-corrected chi connectivity index (χ4v) is 2.23. The van der Waals surface area contributed by atoms with Gasteiger partial charge in [0.05, 0.1) is 18.1 Å². The number of aryl methyl sites for hydroxylation is 2. The number of aromatic nitrogens is 2. The molecule has 0 amide bonds. The van der Waals surface area contributed by atoms with Crippen molar-refractivity contribution in [3.8, 4) is 0 Å². The third-order valence-corrected chi connectivity index (χ3v) is 3.03. The van der Waals surface area contributed by atoms with Gasteiger partial charge in [0.15, 0.2) is 6.04 Å². The third kappa shape index (κ3) is 2.24. The molecule has 1 aromatic rings. The zero-order chi connectivity index (χ0) is 14.2. The van der Waals surface area contributed by atoms with E-state index in [1.165, 1.54) is 16.5 Å². The van der Waals surface area contributed by atoms with Crippen LogP contribution in [0.2, 0.25) is 0 Å². The average molecular weight is 270 g/mol. The molecule has 0 saturated carbocycles. The van der Waals surface area contributed by atoms with Gasteiger partial charge in [-0.1, -0.05) is 0 Å². The summed E-state index contributed by atoms with van der Waals surface area (Å²) in [6.07, 6.45) is 0. The summed E-state index contributed by atoms with van der Waals surface area (Å²) in [5.74, 6) is -0.869. The number of hydrogen-bond donors (Lipinski definition) is 1. The number of morpholine rings is 1. The lowest BCUT2D eigenvalue weighted by molar-refractivity contribution is -0.384. The topological polar surface area (TPSA) is 111 Å². The number of carboxylic acid groups (broad SMARTS) is 1. The minimum atomic E-state index is -1.08. The first-order chi connectivity index (χ1) is 8.93. The molecule has 104 valence electrons. The number of carbonyl (C=O) groups is 1. The van der Waals surface area contributed by atoms with Gasteiger partial charge in [-0.15, -0.1) is 0 Å². The fraction of sp³-hybridized carbons (Fsp3) is 0.600. The third-order valence-electron chi connectivity index (χ3n) is 3.03. The van der Waals surface area contributed by atoms with E-state index in [0.29, 0.717) is 6.61 Å². The van der Waals surface area contributed by atoms with Crippen LogP contribution in [0.5, 0.6) is 0 Å². The number of aliphatic carboxylic acids is 1. The molecular weight excluding hydrogens is 256 g/mol. The van der Waals surface area contributed by atoms with Gasteiger partial charge in [-0.25, -0.2) is 9.48 Å². The molecule has 0 aliphatic carbocycles. The average Bonchev–Trinajstić information content (AvgIpc) is 2.64. The summed E-state index contributed by atoms with van der Waals surface area (Å²) < 4.78 is 6.46. The molecule has 1 saturated heterocycles. The number of nitro groups is 1. The van der Waals surface area contributed by atoms with Crippen LogP contribution in [-0.4, -0.2) is 51.6 Å². The van der Waals surface area contributed by atoms with Gasteiger partial charge in [0.2, 0.25) is 5.82 Å². The molecule has 9 nitrogen and oxygen atoms in total. The lowest BCUT2D eigenvalue weighted by atomic mass is 10.2. The van der Waals surface area contributed by atoms with Crippen LogP contribution in [0.25, 0.3) is 0 Å². The van der Waals surface area contributed by atoms with Crippen LogP contribution in [0.1, 0.15) is 5.69 Å². The molecule has 0 spiro atoms. The number of carboxylic acids is 1. The van der Waals surface area contributed by atoms with Crippen LogP contribution in [0, 0.1) is 17.0 Å². The van der Waals surface area contributed by atoms with Crippen LogP contribution in [0.15, 0.2) is 0 Å². The summed E-state index contributed by atoms with van der Waals surface area (Å²) in [5, 5.41) is 24.3. The van der Waals surface area contributed by atoms with E-state index in [1.807, 2.05) is 0 Å². The smallest absolute Gasteiger partial charge is 0.333 e. The molecule has 0 bridgehead atoms. The van der Waals surface area contributed by atoms with Crippen molar-refractivity contribution in [2.24, 2.45) is 7.05 Å². The Morgan fingerprint density at radius 1 is 1.63 bits per heavy atom. The Labute approximate surface area is 108 Å². The van der Waals surface area contributed by atoms with E-state index in [1.54, 1.807) is 7.05 Å². The maximum Gasteiger partial charge on any atom is 0.333 e. The Morgan fingerprint density at radius 3 is 2.89 bits per heavy atom. The van der Waals surface area contributed by atoms with E-state index in [2.05, 4.69) is 5.10 Å². The van der Waals surface area contributed by atoms with Crippen molar-refractivity contribution in [3.63, 3.8) is 0 Å². The van der Waals surface area contributed by atoms with Gasteiger partial charge in [-0.05, 0) is 6.92 Å². The Kier molecular flexibility index (Phi) is 3.38. The largest absolute Gasteiger partial charge is 0.480 e. The molecule has 1 N–H and O–H groups in total. The van der Waals surface area contributed by atoms with Gasteiger partial charge in [0, 0.05) is 13.6 Å². The molecular formula is C10H14N4O5. The SMILES string of the molecule is Cc1nn(C)c(N2CCOCC2C(=O)O)c1[N+](=O)[O-]. The van der Waals surface area contributed by atoms with Crippen LogP contribution in [0.4, 0.5) is 11.5 Å². The van der Waals surface area contributed by atoms with Crippen molar-refractivity contribution in [3.05, 3.63) is 15.8 Å². The molecule has 2 rings (SSSR count). The van der Waals surface area contributed by atoms with Crippen molar-refractivity contribution in [1.82, 2.24) is 9.78 Å².